The molecule has 136 valence electrons. The fourth-order valence-electron chi connectivity index (χ4n) is 2.68. The number of para-hydroxylation sites is 2. The fourth-order valence-corrected chi connectivity index (χ4v) is 2.68. The van der Waals surface area contributed by atoms with Crippen molar-refractivity contribution < 1.29 is 14.3 Å². The molecule has 0 saturated carbocycles. The second-order valence-corrected chi connectivity index (χ2v) is 6.14. The Morgan fingerprint density at radius 2 is 1.37 bits per heavy atom. The number of carbonyl (C=O) groups excluding carboxylic acids is 2. The summed E-state index contributed by atoms with van der Waals surface area (Å²) in [6.45, 7) is 3.81. The number of rotatable bonds is 4. The third-order valence-electron chi connectivity index (χ3n) is 4.02. The van der Waals surface area contributed by atoms with E-state index in [1.54, 1.807) is 42.5 Å². The van der Waals surface area contributed by atoms with Crippen LogP contribution in [-0.2, 0) is 0 Å². The van der Waals surface area contributed by atoms with Crippen molar-refractivity contribution in [1.82, 2.24) is 10.9 Å². The van der Waals surface area contributed by atoms with Gasteiger partial charge in [-0.1, -0.05) is 48.0 Å². The van der Waals surface area contributed by atoms with Gasteiger partial charge >= 0.3 is 0 Å². The Kier molecular flexibility index (Phi) is 5.52. The molecule has 3 aromatic rings. The summed E-state index contributed by atoms with van der Waals surface area (Å²) in [5, 5.41) is 0. The summed E-state index contributed by atoms with van der Waals surface area (Å²) in [5.41, 5.74) is 7.64. The number of hydrazine groups is 1. The molecule has 2 amide bonds. The topological polar surface area (TPSA) is 67.4 Å². The van der Waals surface area contributed by atoms with E-state index in [0.29, 0.717) is 22.6 Å². The van der Waals surface area contributed by atoms with Gasteiger partial charge in [0, 0.05) is 5.56 Å². The van der Waals surface area contributed by atoms with Crippen LogP contribution in [0.2, 0.25) is 0 Å². The maximum Gasteiger partial charge on any atom is 0.273 e. The average molecular weight is 360 g/mol. The van der Waals surface area contributed by atoms with Crippen molar-refractivity contribution >= 4 is 11.8 Å². The zero-order valence-corrected chi connectivity index (χ0v) is 15.2. The minimum absolute atomic E-state index is 0.322. The monoisotopic (exact) mass is 360 g/mol. The number of ether oxygens (including phenoxy) is 1. The maximum atomic E-state index is 12.5. The van der Waals surface area contributed by atoms with E-state index in [2.05, 4.69) is 10.9 Å². The molecule has 0 atom stereocenters. The molecule has 0 heterocycles. The highest BCUT2D eigenvalue weighted by Crippen LogP contribution is 2.24. The normalized spacial score (nSPS) is 10.1. The van der Waals surface area contributed by atoms with E-state index in [1.165, 1.54) is 0 Å². The van der Waals surface area contributed by atoms with Gasteiger partial charge in [-0.15, -0.1) is 0 Å². The van der Waals surface area contributed by atoms with E-state index in [0.717, 1.165) is 11.1 Å². The molecular formula is C22H20N2O3. The van der Waals surface area contributed by atoms with E-state index >= 15 is 0 Å². The predicted octanol–water partition coefficient (Wildman–Crippen LogP) is 4.17. The van der Waals surface area contributed by atoms with E-state index < -0.39 is 5.91 Å². The molecule has 2 N–H and O–H groups in total. The van der Waals surface area contributed by atoms with Crippen LogP contribution in [0.15, 0.2) is 72.8 Å². The van der Waals surface area contributed by atoms with E-state index in [4.69, 9.17) is 4.74 Å². The lowest BCUT2D eigenvalue weighted by molar-refractivity contribution is 0.0845. The minimum atomic E-state index is -0.459. The van der Waals surface area contributed by atoms with Crippen molar-refractivity contribution in [1.29, 1.82) is 0 Å². The number of aryl methyl sites for hydroxylation is 2. The molecule has 0 spiro atoms. The summed E-state index contributed by atoms with van der Waals surface area (Å²) in [5.74, 6) is 0.195. The second-order valence-electron chi connectivity index (χ2n) is 6.14. The van der Waals surface area contributed by atoms with Crippen LogP contribution < -0.4 is 15.6 Å². The standard InChI is InChI=1S/C22H20N2O3/c1-15-12-13-18(16(2)14-15)21(25)23-24-22(26)19-10-6-7-11-20(19)27-17-8-4-3-5-9-17/h3-14H,1-2H3,(H,23,25)(H,24,26). The Morgan fingerprint density at radius 1 is 0.741 bits per heavy atom. The van der Waals surface area contributed by atoms with E-state index in [1.807, 2.05) is 44.2 Å². The third-order valence-corrected chi connectivity index (χ3v) is 4.02. The van der Waals surface area contributed by atoms with E-state index in [9.17, 15) is 9.59 Å². The van der Waals surface area contributed by atoms with Crippen molar-refractivity contribution in [2.24, 2.45) is 0 Å². The Labute approximate surface area is 158 Å². The van der Waals surface area contributed by atoms with Gasteiger partial charge in [-0.05, 0) is 49.7 Å². The number of hydrogen-bond donors (Lipinski definition) is 2. The highest BCUT2D eigenvalue weighted by molar-refractivity contribution is 6.01. The minimum Gasteiger partial charge on any atom is -0.457 e. The Bertz CT molecular complexity index is 968. The first kappa shape index (κ1) is 18.2. The molecule has 0 radical (unpaired) electrons. The van der Waals surface area contributed by atoms with Crippen LogP contribution in [0.4, 0.5) is 0 Å². The molecule has 0 fully saturated rings. The summed E-state index contributed by atoms with van der Waals surface area (Å²) in [6.07, 6.45) is 0. The van der Waals surface area contributed by atoms with Gasteiger partial charge in [0.25, 0.3) is 11.8 Å². The number of amides is 2. The van der Waals surface area contributed by atoms with Gasteiger partial charge in [0.1, 0.15) is 11.5 Å². The van der Waals surface area contributed by atoms with Crippen LogP contribution in [0.1, 0.15) is 31.8 Å². The molecule has 0 saturated heterocycles. The van der Waals surface area contributed by atoms with Crippen LogP contribution in [0.25, 0.3) is 0 Å². The highest BCUT2D eigenvalue weighted by atomic mass is 16.5. The van der Waals surface area contributed by atoms with Crippen LogP contribution in [0.3, 0.4) is 0 Å². The quantitative estimate of drug-likeness (QED) is 0.686. The van der Waals surface area contributed by atoms with Crippen molar-refractivity contribution in [2.45, 2.75) is 13.8 Å². The summed E-state index contributed by atoms with van der Waals surface area (Å²) in [6, 6.07) is 21.5. The largest absolute Gasteiger partial charge is 0.457 e. The molecule has 0 aromatic heterocycles. The smallest absolute Gasteiger partial charge is 0.273 e. The molecule has 0 aliphatic heterocycles. The number of hydrogen-bond acceptors (Lipinski definition) is 3. The van der Waals surface area contributed by atoms with Crippen LogP contribution in [0.5, 0.6) is 11.5 Å². The summed E-state index contributed by atoms with van der Waals surface area (Å²) >= 11 is 0. The Morgan fingerprint density at radius 3 is 2.07 bits per heavy atom. The van der Waals surface area contributed by atoms with Gasteiger partial charge in [-0.2, -0.15) is 0 Å². The molecule has 3 rings (SSSR count). The summed E-state index contributed by atoms with van der Waals surface area (Å²) in [7, 11) is 0. The van der Waals surface area contributed by atoms with Gasteiger partial charge in [0.05, 0.1) is 5.56 Å². The van der Waals surface area contributed by atoms with E-state index in [-0.39, 0.29) is 5.91 Å². The maximum absolute atomic E-state index is 12.5. The Hall–Kier alpha value is -3.60. The van der Waals surface area contributed by atoms with Crippen molar-refractivity contribution in [2.75, 3.05) is 0 Å². The van der Waals surface area contributed by atoms with Crippen molar-refractivity contribution in [3.8, 4) is 11.5 Å². The molecule has 0 aliphatic rings. The van der Waals surface area contributed by atoms with Crippen LogP contribution in [-0.4, -0.2) is 11.8 Å². The summed E-state index contributed by atoms with van der Waals surface area (Å²) < 4.78 is 5.78. The highest BCUT2D eigenvalue weighted by Gasteiger charge is 2.15. The van der Waals surface area contributed by atoms with Crippen LogP contribution >= 0.6 is 0 Å². The lowest BCUT2D eigenvalue weighted by atomic mass is 10.1. The number of carbonyl (C=O) groups is 2. The molecule has 5 heteroatoms. The molecule has 27 heavy (non-hydrogen) atoms. The zero-order chi connectivity index (χ0) is 19.2. The first-order valence-corrected chi connectivity index (χ1v) is 8.54. The molecule has 5 nitrogen and oxygen atoms in total. The SMILES string of the molecule is Cc1ccc(C(=O)NNC(=O)c2ccccc2Oc2ccccc2)c(C)c1. The van der Waals surface area contributed by atoms with Gasteiger partial charge in [-0.3, -0.25) is 20.4 Å². The molecule has 0 unspecified atom stereocenters. The van der Waals surface area contributed by atoms with Crippen molar-refractivity contribution in [3.05, 3.63) is 95.1 Å². The second kappa shape index (κ2) is 8.19. The van der Waals surface area contributed by atoms with Gasteiger partial charge < -0.3 is 4.74 Å². The lowest BCUT2D eigenvalue weighted by Crippen LogP contribution is -2.42. The first-order valence-electron chi connectivity index (χ1n) is 8.54. The number of benzene rings is 3. The predicted molar refractivity (Wildman–Crippen MR) is 104 cm³/mol. The number of nitrogens with one attached hydrogen (secondary N) is 2. The summed E-state index contributed by atoms with van der Waals surface area (Å²) in [4.78, 5) is 24.9. The lowest BCUT2D eigenvalue weighted by Gasteiger charge is -2.13. The van der Waals surface area contributed by atoms with Crippen LogP contribution in [0, 0.1) is 13.8 Å². The van der Waals surface area contributed by atoms with Gasteiger partial charge in [0.2, 0.25) is 0 Å². The zero-order valence-electron chi connectivity index (χ0n) is 15.2. The molecule has 0 bridgehead atoms. The van der Waals surface area contributed by atoms with Crippen molar-refractivity contribution in [3.63, 3.8) is 0 Å². The first-order chi connectivity index (χ1) is 13.0. The molecule has 3 aromatic carbocycles. The molecule has 0 aliphatic carbocycles. The van der Waals surface area contributed by atoms with Gasteiger partial charge in [-0.25, -0.2) is 0 Å². The molecular weight excluding hydrogens is 340 g/mol. The van der Waals surface area contributed by atoms with Gasteiger partial charge in [0.15, 0.2) is 0 Å². The fraction of sp³-hybridized carbons (Fsp3) is 0.0909. The average Bonchev–Trinajstić information content (AvgIpc) is 2.67. The third kappa shape index (κ3) is 4.52. The Balaban J connectivity index is 1.70.